The molecule has 30 heavy (non-hydrogen) atoms. The Balaban J connectivity index is 1.78. The van der Waals surface area contributed by atoms with Crippen LogP contribution in [0.25, 0.3) is 11.1 Å². The number of rotatable bonds is 4. The maximum absolute atomic E-state index is 13.4. The molecule has 0 saturated carbocycles. The van der Waals surface area contributed by atoms with Crippen LogP contribution in [0.4, 0.5) is 5.95 Å². The van der Waals surface area contributed by atoms with Crippen LogP contribution in [0.1, 0.15) is 40.6 Å². The molecular formula is C22H25ClN6O. The zero-order chi connectivity index (χ0) is 21.4. The lowest BCUT2D eigenvalue weighted by Gasteiger charge is -2.27. The standard InChI is InChI=1S/C22H25ClN6O/c1-14-17(13-25-28(14)4)21(30)29-11-5-6-19(29)20-18(12-24-22(26-20)27(2)3)15-7-9-16(23)10-8-15/h7-10,12-13,19H,5-6,11H2,1-4H3. The molecule has 0 spiro atoms. The van der Waals surface area contributed by atoms with Crippen molar-refractivity contribution in [3.63, 3.8) is 0 Å². The van der Waals surface area contributed by atoms with Gasteiger partial charge in [-0.2, -0.15) is 5.10 Å². The lowest BCUT2D eigenvalue weighted by Crippen LogP contribution is -2.32. The number of carbonyl (C=O) groups excluding carboxylic acids is 1. The molecule has 4 rings (SSSR count). The highest BCUT2D eigenvalue weighted by Gasteiger charge is 2.35. The van der Waals surface area contributed by atoms with Gasteiger partial charge in [0.2, 0.25) is 5.95 Å². The van der Waals surface area contributed by atoms with Crippen molar-refractivity contribution in [3.05, 3.63) is 58.6 Å². The van der Waals surface area contributed by atoms with Crippen LogP contribution in [-0.2, 0) is 7.05 Å². The summed E-state index contributed by atoms with van der Waals surface area (Å²) in [5.74, 6) is 0.620. The number of likely N-dealkylation sites (tertiary alicyclic amines) is 1. The van der Waals surface area contributed by atoms with Crippen LogP contribution >= 0.6 is 11.6 Å². The van der Waals surface area contributed by atoms with Gasteiger partial charge in [0.1, 0.15) is 0 Å². The average Bonchev–Trinajstić information content (AvgIpc) is 3.35. The van der Waals surface area contributed by atoms with Crippen molar-refractivity contribution in [2.75, 3.05) is 25.5 Å². The van der Waals surface area contributed by atoms with Crippen LogP contribution < -0.4 is 4.90 Å². The fraction of sp³-hybridized carbons (Fsp3) is 0.364. The van der Waals surface area contributed by atoms with Gasteiger partial charge in [-0.25, -0.2) is 9.97 Å². The number of hydrogen-bond donors (Lipinski definition) is 0. The summed E-state index contributed by atoms with van der Waals surface area (Å²) in [6, 6.07) is 7.52. The molecule has 1 unspecified atom stereocenters. The molecule has 3 heterocycles. The van der Waals surface area contributed by atoms with Gasteiger partial charge < -0.3 is 9.80 Å². The first-order chi connectivity index (χ1) is 14.4. The van der Waals surface area contributed by atoms with Crippen molar-refractivity contribution in [1.29, 1.82) is 0 Å². The first-order valence-electron chi connectivity index (χ1n) is 9.96. The first kappa shape index (κ1) is 20.3. The number of halogens is 1. The maximum atomic E-state index is 13.4. The van der Waals surface area contributed by atoms with Crippen LogP contribution in [0.3, 0.4) is 0 Å². The predicted molar refractivity (Wildman–Crippen MR) is 118 cm³/mol. The average molecular weight is 425 g/mol. The van der Waals surface area contributed by atoms with Crippen LogP contribution in [-0.4, -0.2) is 51.2 Å². The van der Waals surface area contributed by atoms with Gasteiger partial charge in [-0.3, -0.25) is 9.48 Å². The highest BCUT2D eigenvalue weighted by Crippen LogP contribution is 2.38. The van der Waals surface area contributed by atoms with E-state index < -0.39 is 0 Å². The number of carbonyl (C=O) groups is 1. The van der Waals surface area contributed by atoms with Crippen LogP contribution in [0.2, 0.25) is 5.02 Å². The molecule has 1 amide bonds. The Bertz CT molecular complexity index is 1080. The summed E-state index contributed by atoms with van der Waals surface area (Å²) in [6.07, 6.45) is 5.28. The molecule has 1 aromatic carbocycles. The number of anilines is 1. The van der Waals surface area contributed by atoms with E-state index >= 15 is 0 Å². The Morgan fingerprint density at radius 3 is 2.57 bits per heavy atom. The molecule has 0 N–H and O–H groups in total. The van der Waals surface area contributed by atoms with Crippen molar-refractivity contribution < 1.29 is 4.79 Å². The molecule has 1 fully saturated rings. The van der Waals surface area contributed by atoms with Crippen molar-refractivity contribution in [1.82, 2.24) is 24.6 Å². The van der Waals surface area contributed by atoms with Crippen LogP contribution in [0.15, 0.2) is 36.7 Å². The van der Waals surface area contributed by atoms with E-state index in [1.807, 2.05) is 68.3 Å². The minimum atomic E-state index is -0.121. The monoisotopic (exact) mass is 424 g/mol. The number of benzene rings is 1. The van der Waals surface area contributed by atoms with E-state index in [0.29, 0.717) is 23.1 Å². The summed E-state index contributed by atoms with van der Waals surface area (Å²) >= 11 is 6.08. The number of nitrogens with zero attached hydrogens (tertiary/aromatic N) is 6. The van der Waals surface area contributed by atoms with Gasteiger partial charge >= 0.3 is 0 Å². The quantitative estimate of drug-likeness (QED) is 0.635. The summed E-state index contributed by atoms with van der Waals surface area (Å²) in [6.45, 7) is 2.61. The molecule has 1 atom stereocenters. The maximum Gasteiger partial charge on any atom is 0.257 e. The number of aryl methyl sites for hydroxylation is 1. The highest BCUT2D eigenvalue weighted by atomic mass is 35.5. The van der Waals surface area contributed by atoms with E-state index in [9.17, 15) is 4.79 Å². The summed E-state index contributed by atoms with van der Waals surface area (Å²) in [5, 5.41) is 4.92. The van der Waals surface area contributed by atoms with Gasteiger partial charge in [-0.05, 0) is 37.5 Å². The van der Waals surface area contributed by atoms with Gasteiger partial charge in [-0.1, -0.05) is 23.7 Å². The molecule has 2 aromatic heterocycles. The molecule has 0 radical (unpaired) electrons. The van der Waals surface area contributed by atoms with Gasteiger partial charge in [0.15, 0.2) is 0 Å². The minimum absolute atomic E-state index is 0.00447. The van der Waals surface area contributed by atoms with Crippen molar-refractivity contribution in [3.8, 4) is 11.1 Å². The summed E-state index contributed by atoms with van der Waals surface area (Å²) < 4.78 is 1.73. The van der Waals surface area contributed by atoms with Gasteiger partial charge in [0, 0.05) is 50.2 Å². The van der Waals surface area contributed by atoms with Crippen molar-refractivity contribution in [2.45, 2.75) is 25.8 Å². The number of hydrogen-bond acceptors (Lipinski definition) is 5. The fourth-order valence-electron chi connectivity index (χ4n) is 3.86. The number of amides is 1. The van der Waals surface area contributed by atoms with E-state index in [1.54, 1.807) is 10.9 Å². The molecule has 1 aliphatic heterocycles. The van der Waals surface area contributed by atoms with Gasteiger partial charge in [0.25, 0.3) is 5.91 Å². The molecule has 1 saturated heterocycles. The molecule has 8 heteroatoms. The normalized spacial score (nSPS) is 16.2. The second-order valence-corrected chi connectivity index (χ2v) is 8.23. The third-order valence-electron chi connectivity index (χ3n) is 5.66. The molecule has 3 aromatic rings. The van der Waals surface area contributed by atoms with Gasteiger partial charge in [-0.15, -0.1) is 0 Å². The smallest absolute Gasteiger partial charge is 0.257 e. The summed E-state index contributed by atoms with van der Waals surface area (Å²) in [4.78, 5) is 26.6. The Labute approximate surface area is 181 Å². The molecule has 1 aliphatic rings. The predicted octanol–water partition coefficient (Wildman–Crippen LogP) is 3.88. The van der Waals surface area contributed by atoms with Crippen LogP contribution in [0.5, 0.6) is 0 Å². The molecule has 0 bridgehead atoms. The Morgan fingerprint density at radius 1 is 1.20 bits per heavy atom. The molecule has 7 nitrogen and oxygen atoms in total. The topological polar surface area (TPSA) is 67.2 Å². The Hall–Kier alpha value is -2.93. The molecule has 156 valence electrons. The third kappa shape index (κ3) is 3.65. The second-order valence-electron chi connectivity index (χ2n) is 7.79. The summed E-state index contributed by atoms with van der Waals surface area (Å²) in [5.41, 5.74) is 4.27. The minimum Gasteiger partial charge on any atom is -0.347 e. The van der Waals surface area contributed by atoms with E-state index in [2.05, 4.69) is 10.1 Å². The SMILES string of the molecule is Cc1c(C(=O)N2CCCC2c2nc(N(C)C)ncc2-c2ccc(Cl)cc2)cnn1C. The summed E-state index contributed by atoms with van der Waals surface area (Å²) in [7, 11) is 5.68. The molecular weight excluding hydrogens is 400 g/mol. The van der Waals surface area contributed by atoms with E-state index in [0.717, 1.165) is 35.4 Å². The van der Waals surface area contributed by atoms with Crippen molar-refractivity contribution in [2.24, 2.45) is 7.05 Å². The van der Waals surface area contributed by atoms with Gasteiger partial charge in [0.05, 0.1) is 23.5 Å². The lowest BCUT2D eigenvalue weighted by atomic mass is 9.99. The lowest BCUT2D eigenvalue weighted by molar-refractivity contribution is 0.0732. The van der Waals surface area contributed by atoms with E-state index in [1.165, 1.54) is 0 Å². The van der Waals surface area contributed by atoms with Crippen LogP contribution in [0, 0.1) is 6.92 Å². The fourth-order valence-corrected chi connectivity index (χ4v) is 3.99. The zero-order valence-electron chi connectivity index (χ0n) is 17.6. The molecule has 0 aliphatic carbocycles. The Morgan fingerprint density at radius 2 is 1.93 bits per heavy atom. The highest BCUT2D eigenvalue weighted by molar-refractivity contribution is 6.30. The largest absolute Gasteiger partial charge is 0.347 e. The Kier molecular flexibility index (Phi) is 5.47. The second kappa shape index (κ2) is 8.07. The number of aromatic nitrogens is 4. The van der Waals surface area contributed by atoms with E-state index in [-0.39, 0.29) is 11.9 Å². The first-order valence-corrected chi connectivity index (χ1v) is 10.3. The zero-order valence-corrected chi connectivity index (χ0v) is 18.4. The van der Waals surface area contributed by atoms with Crippen molar-refractivity contribution >= 4 is 23.5 Å². The van der Waals surface area contributed by atoms with E-state index in [4.69, 9.17) is 16.6 Å². The third-order valence-corrected chi connectivity index (χ3v) is 5.91.